The van der Waals surface area contributed by atoms with E-state index in [1.54, 1.807) is 11.3 Å². The van der Waals surface area contributed by atoms with Gasteiger partial charge in [0.15, 0.2) is 0 Å². The molecule has 120 valence electrons. The molecule has 1 aliphatic heterocycles. The highest BCUT2D eigenvalue weighted by atomic mass is 32.1. The van der Waals surface area contributed by atoms with Gasteiger partial charge in [-0.2, -0.15) is 0 Å². The second-order valence-corrected chi connectivity index (χ2v) is 7.65. The molecule has 22 heavy (non-hydrogen) atoms. The minimum absolute atomic E-state index is 0.0249. The third-order valence-corrected chi connectivity index (χ3v) is 5.79. The molecule has 2 aliphatic rings. The smallest absolute Gasteiger partial charge is 0.264 e. The molecule has 0 radical (unpaired) electrons. The minimum Gasteiger partial charge on any atom is -0.356 e. The second kappa shape index (κ2) is 6.82. The van der Waals surface area contributed by atoms with Crippen molar-refractivity contribution < 1.29 is 9.59 Å². The summed E-state index contributed by atoms with van der Waals surface area (Å²) >= 11 is 1.55. The van der Waals surface area contributed by atoms with Crippen LogP contribution in [0, 0.1) is 12.8 Å². The SMILES string of the molecule is Cc1ccc(C(=O)N2CCCCCNC(=O)C3CCCC32)s1. The van der Waals surface area contributed by atoms with E-state index in [1.807, 2.05) is 24.0 Å². The lowest BCUT2D eigenvalue weighted by Gasteiger charge is -2.33. The number of carbonyl (C=O) groups excluding carboxylic acids is 2. The number of fused-ring (bicyclic) bond motifs is 1. The topological polar surface area (TPSA) is 49.4 Å². The van der Waals surface area contributed by atoms with Crippen molar-refractivity contribution in [2.24, 2.45) is 5.92 Å². The fourth-order valence-corrected chi connectivity index (χ4v) is 4.48. The van der Waals surface area contributed by atoms with Gasteiger partial charge in [-0.15, -0.1) is 11.3 Å². The van der Waals surface area contributed by atoms with Crippen molar-refractivity contribution in [1.29, 1.82) is 0 Å². The van der Waals surface area contributed by atoms with Crippen LogP contribution in [0.2, 0.25) is 0 Å². The molecular formula is C17H24N2O2S. The van der Waals surface area contributed by atoms with Gasteiger partial charge in [0.1, 0.15) is 0 Å². The number of aryl methyl sites for hydroxylation is 1. The molecule has 1 aliphatic carbocycles. The predicted octanol–water partition coefficient (Wildman–Crippen LogP) is 2.97. The zero-order chi connectivity index (χ0) is 15.5. The minimum atomic E-state index is -0.0249. The molecule has 0 spiro atoms. The maximum atomic E-state index is 12.9. The molecule has 4 nitrogen and oxygen atoms in total. The maximum absolute atomic E-state index is 12.9. The summed E-state index contributed by atoms with van der Waals surface area (Å²) in [4.78, 5) is 29.3. The van der Waals surface area contributed by atoms with Crippen molar-refractivity contribution in [3.8, 4) is 0 Å². The van der Waals surface area contributed by atoms with Crippen molar-refractivity contribution in [2.45, 2.75) is 51.5 Å². The molecular weight excluding hydrogens is 296 g/mol. The summed E-state index contributed by atoms with van der Waals surface area (Å²) in [6.07, 6.45) is 5.98. The van der Waals surface area contributed by atoms with E-state index in [4.69, 9.17) is 0 Å². The lowest BCUT2D eigenvalue weighted by Crippen LogP contribution is -2.48. The standard InChI is InChI=1S/C17H24N2O2S/c1-12-8-9-15(22-12)17(21)19-11-4-2-3-10-18-16(20)13-6-5-7-14(13)19/h8-9,13-14H,2-7,10-11H2,1H3,(H,18,20). The van der Waals surface area contributed by atoms with Crippen LogP contribution in [-0.4, -0.2) is 35.8 Å². The van der Waals surface area contributed by atoms with E-state index in [2.05, 4.69) is 5.32 Å². The van der Waals surface area contributed by atoms with Gasteiger partial charge in [0.25, 0.3) is 5.91 Å². The molecule has 2 fully saturated rings. The summed E-state index contributed by atoms with van der Waals surface area (Å²) in [5.41, 5.74) is 0. The molecule has 1 aromatic rings. The van der Waals surface area contributed by atoms with Gasteiger partial charge < -0.3 is 10.2 Å². The molecule has 2 heterocycles. The van der Waals surface area contributed by atoms with Crippen LogP contribution in [-0.2, 0) is 4.79 Å². The van der Waals surface area contributed by atoms with Crippen LogP contribution in [0.4, 0.5) is 0 Å². The molecule has 5 heteroatoms. The van der Waals surface area contributed by atoms with Crippen molar-refractivity contribution in [1.82, 2.24) is 10.2 Å². The molecule has 2 amide bonds. The van der Waals surface area contributed by atoms with Crippen LogP contribution in [0.5, 0.6) is 0 Å². The third kappa shape index (κ3) is 3.19. The zero-order valence-electron chi connectivity index (χ0n) is 13.1. The van der Waals surface area contributed by atoms with Crippen molar-refractivity contribution in [3.63, 3.8) is 0 Å². The molecule has 1 saturated carbocycles. The number of hydrogen-bond acceptors (Lipinski definition) is 3. The van der Waals surface area contributed by atoms with Gasteiger partial charge >= 0.3 is 0 Å². The van der Waals surface area contributed by atoms with Crippen LogP contribution in [0.1, 0.15) is 53.1 Å². The van der Waals surface area contributed by atoms with Gasteiger partial charge in [-0.05, 0) is 51.2 Å². The molecule has 2 unspecified atom stereocenters. The molecule has 1 saturated heterocycles. The van der Waals surface area contributed by atoms with Gasteiger partial charge in [0.2, 0.25) is 5.91 Å². The molecule has 0 aromatic carbocycles. The zero-order valence-corrected chi connectivity index (χ0v) is 14.0. The summed E-state index contributed by atoms with van der Waals surface area (Å²) in [6.45, 7) is 3.58. The van der Waals surface area contributed by atoms with E-state index in [1.165, 1.54) is 0 Å². The summed E-state index contributed by atoms with van der Waals surface area (Å²) in [7, 11) is 0. The van der Waals surface area contributed by atoms with E-state index in [0.717, 1.165) is 61.4 Å². The normalized spacial score (nSPS) is 26.4. The van der Waals surface area contributed by atoms with Crippen LogP contribution < -0.4 is 5.32 Å². The fourth-order valence-electron chi connectivity index (χ4n) is 3.65. The van der Waals surface area contributed by atoms with Crippen LogP contribution in [0.3, 0.4) is 0 Å². The average molecular weight is 320 g/mol. The van der Waals surface area contributed by atoms with Gasteiger partial charge in [0, 0.05) is 24.0 Å². The lowest BCUT2D eigenvalue weighted by molar-refractivity contribution is -0.126. The largest absolute Gasteiger partial charge is 0.356 e. The summed E-state index contributed by atoms with van der Waals surface area (Å²) in [5, 5.41) is 3.05. The lowest BCUT2D eigenvalue weighted by atomic mass is 9.99. The molecule has 1 N–H and O–H groups in total. The first kappa shape index (κ1) is 15.5. The Morgan fingerprint density at radius 1 is 1.23 bits per heavy atom. The van der Waals surface area contributed by atoms with Gasteiger partial charge in [0.05, 0.1) is 10.8 Å². The Bertz CT molecular complexity index is 555. The Balaban J connectivity index is 1.84. The Morgan fingerprint density at radius 3 is 2.86 bits per heavy atom. The summed E-state index contributed by atoms with van der Waals surface area (Å²) < 4.78 is 0. The number of thiophene rings is 1. The number of hydrogen-bond donors (Lipinski definition) is 1. The monoisotopic (exact) mass is 320 g/mol. The third-order valence-electron chi connectivity index (χ3n) is 4.80. The molecule has 2 atom stereocenters. The van der Waals surface area contributed by atoms with E-state index in [0.29, 0.717) is 0 Å². The number of nitrogens with zero attached hydrogens (tertiary/aromatic N) is 1. The van der Waals surface area contributed by atoms with Crippen molar-refractivity contribution >= 4 is 23.2 Å². The first-order valence-corrected chi connectivity index (χ1v) is 9.13. The Kier molecular flexibility index (Phi) is 4.81. The fraction of sp³-hybridized carbons (Fsp3) is 0.647. The Hall–Kier alpha value is -1.36. The van der Waals surface area contributed by atoms with Crippen LogP contribution >= 0.6 is 11.3 Å². The summed E-state index contributed by atoms with van der Waals surface area (Å²) in [5.74, 6) is 0.232. The van der Waals surface area contributed by atoms with E-state index in [-0.39, 0.29) is 23.8 Å². The Labute approximate surface area is 135 Å². The van der Waals surface area contributed by atoms with Crippen LogP contribution in [0.15, 0.2) is 12.1 Å². The molecule has 3 rings (SSSR count). The second-order valence-electron chi connectivity index (χ2n) is 6.37. The van der Waals surface area contributed by atoms with Crippen LogP contribution in [0.25, 0.3) is 0 Å². The predicted molar refractivity (Wildman–Crippen MR) is 88.1 cm³/mol. The van der Waals surface area contributed by atoms with Gasteiger partial charge in [-0.3, -0.25) is 9.59 Å². The highest BCUT2D eigenvalue weighted by Gasteiger charge is 2.39. The number of carbonyl (C=O) groups is 2. The van der Waals surface area contributed by atoms with Gasteiger partial charge in [-0.1, -0.05) is 6.42 Å². The molecule has 1 aromatic heterocycles. The quantitative estimate of drug-likeness (QED) is 0.865. The molecule has 0 bridgehead atoms. The van der Waals surface area contributed by atoms with Crippen molar-refractivity contribution in [3.05, 3.63) is 21.9 Å². The van der Waals surface area contributed by atoms with E-state index >= 15 is 0 Å². The maximum Gasteiger partial charge on any atom is 0.264 e. The van der Waals surface area contributed by atoms with Gasteiger partial charge in [-0.25, -0.2) is 0 Å². The van der Waals surface area contributed by atoms with E-state index < -0.39 is 0 Å². The first-order chi connectivity index (χ1) is 10.7. The van der Waals surface area contributed by atoms with Crippen molar-refractivity contribution in [2.75, 3.05) is 13.1 Å². The highest BCUT2D eigenvalue weighted by Crippen LogP contribution is 2.32. The number of nitrogens with one attached hydrogen (secondary N) is 1. The number of amides is 2. The van der Waals surface area contributed by atoms with E-state index in [9.17, 15) is 9.59 Å². The summed E-state index contributed by atoms with van der Waals surface area (Å²) in [6, 6.07) is 4.00. The average Bonchev–Trinajstić information content (AvgIpc) is 3.14. The first-order valence-electron chi connectivity index (χ1n) is 8.32. The highest BCUT2D eigenvalue weighted by molar-refractivity contribution is 7.13. The number of rotatable bonds is 1. The Morgan fingerprint density at radius 2 is 2.09 bits per heavy atom.